The highest BCUT2D eigenvalue weighted by Crippen LogP contribution is 2.25. The van der Waals surface area contributed by atoms with Crippen LogP contribution in [0.1, 0.15) is 16.1 Å². The first-order chi connectivity index (χ1) is 9.70. The van der Waals surface area contributed by atoms with Crippen LogP contribution in [0.15, 0.2) is 27.7 Å². The van der Waals surface area contributed by atoms with E-state index in [-0.39, 0.29) is 11.0 Å². The number of sulfonamides is 1. The predicted octanol–water partition coefficient (Wildman–Crippen LogP) is 2.27. The van der Waals surface area contributed by atoms with Crippen LogP contribution in [0.3, 0.4) is 0 Å². The number of nitrogens with one attached hydrogen (secondary N) is 1. The monoisotopic (exact) mass is 334 g/mol. The SMILES string of the molecule is Cc1coc(NS(=O)(=O)c2cc(Cl)cc(C(=O)O)c2F)n1. The number of rotatable bonds is 4. The number of oxazole rings is 1. The second kappa shape index (κ2) is 5.34. The molecule has 0 aliphatic heterocycles. The van der Waals surface area contributed by atoms with Crippen LogP contribution in [0.5, 0.6) is 0 Å². The van der Waals surface area contributed by atoms with Gasteiger partial charge in [0.1, 0.15) is 11.2 Å². The normalized spacial score (nSPS) is 11.4. The molecule has 0 saturated carbocycles. The van der Waals surface area contributed by atoms with Gasteiger partial charge in [-0.3, -0.25) is 0 Å². The van der Waals surface area contributed by atoms with Crippen molar-refractivity contribution in [1.82, 2.24) is 4.98 Å². The molecule has 0 aliphatic rings. The molecule has 0 amide bonds. The second-order valence-corrected chi connectivity index (χ2v) is 6.06. The molecule has 112 valence electrons. The van der Waals surface area contributed by atoms with E-state index in [4.69, 9.17) is 21.1 Å². The lowest BCUT2D eigenvalue weighted by atomic mass is 10.2. The number of carboxylic acids is 1. The van der Waals surface area contributed by atoms with Crippen molar-refractivity contribution in [3.63, 3.8) is 0 Å². The minimum atomic E-state index is -4.44. The summed E-state index contributed by atoms with van der Waals surface area (Å²) in [6.07, 6.45) is 1.19. The fourth-order valence-corrected chi connectivity index (χ4v) is 2.83. The van der Waals surface area contributed by atoms with E-state index in [1.165, 1.54) is 6.26 Å². The zero-order chi connectivity index (χ0) is 15.8. The number of carbonyl (C=O) groups is 1. The van der Waals surface area contributed by atoms with Gasteiger partial charge in [0.2, 0.25) is 0 Å². The molecule has 0 unspecified atom stereocenters. The highest BCUT2D eigenvalue weighted by atomic mass is 35.5. The van der Waals surface area contributed by atoms with Crippen molar-refractivity contribution in [1.29, 1.82) is 0 Å². The number of halogens is 2. The molecule has 0 spiro atoms. The van der Waals surface area contributed by atoms with Crippen molar-refractivity contribution in [3.05, 3.63) is 40.5 Å². The molecule has 0 radical (unpaired) electrons. The van der Waals surface area contributed by atoms with Crippen molar-refractivity contribution >= 4 is 33.6 Å². The Bertz CT molecular complexity index is 818. The van der Waals surface area contributed by atoms with E-state index in [1.807, 2.05) is 4.72 Å². The number of aromatic carboxylic acids is 1. The molecule has 2 aromatic rings. The number of benzene rings is 1. The number of aromatic nitrogens is 1. The van der Waals surface area contributed by atoms with Gasteiger partial charge in [-0.05, 0) is 19.1 Å². The van der Waals surface area contributed by atoms with Crippen molar-refractivity contribution in [2.24, 2.45) is 0 Å². The molecule has 2 rings (SSSR count). The molecule has 1 aromatic carbocycles. The Kier molecular flexibility index (Phi) is 3.88. The molecule has 0 bridgehead atoms. The van der Waals surface area contributed by atoms with Crippen LogP contribution in [0.2, 0.25) is 5.02 Å². The van der Waals surface area contributed by atoms with Crippen molar-refractivity contribution < 1.29 is 27.1 Å². The van der Waals surface area contributed by atoms with Crippen molar-refractivity contribution in [2.45, 2.75) is 11.8 Å². The molecule has 1 aromatic heterocycles. The Morgan fingerprint density at radius 2 is 2.14 bits per heavy atom. The number of anilines is 1. The highest BCUT2D eigenvalue weighted by molar-refractivity contribution is 7.92. The topological polar surface area (TPSA) is 110 Å². The van der Waals surface area contributed by atoms with E-state index in [0.717, 1.165) is 12.1 Å². The van der Waals surface area contributed by atoms with Gasteiger partial charge in [-0.15, -0.1) is 0 Å². The molecule has 21 heavy (non-hydrogen) atoms. The smallest absolute Gasteiger partial charge is 0.338 e. The molecule has 1 heterocycles. The summed E-state index contributed by atoms with van der Waals surface area (Å²) in [6, 6.07) is 1.23. The van der Waals surface area contributed by atoms with Gasteiger partial charge in [-0.25, -0.2) is 22.3 Å². The van der Waals surface area contributed by atoms with Crippen molar-refractivity contribution in [2.75, 3.05) is 4.72 Å². The van der Waals surface area contributed by atoms with Gasteiger partial charge in [-0.1, -0.05) is 11.6 Å². The maximum absolute atomic E-state index is 14.0. The van der Waals surface area contributed by atoms with Gasteiger partial charge in [-0.2, -0.15) is 4.98 Å². The van der Waals surface area contributed by atoms with Crippen LogP contribution in [0.25, 0.3) is 0 Å². The number of carboxylic acid groups (broad SMARTS) is 1. The van der Waals surface area contributed by atoms with Crippen LogP contribution in [-0.2, 0) is 10.0 Å². The lowest BCUT2D eigenvalue weighted by molar-refractivity contribution is 0.0691. The summed E-state index contributed by atoms with van der Waals surface area (Å²) in [5.74, 6) is -3.07. The first kappa shape index (κ1) is 15.3. The summed E-state index contributed by atoms with van der Waals surface area (Å²) < 4.78 is 44.8. The Morgan fingerprint density at radius 1 is 1.48 bits per heavy atom. The fraction of sp³-hybridized carbons (Fsp3) is 0.0909. The number of aryl methyl sites for hydroxylation is 1. The van der Waals surface area contributed by atoms with E-state index in [0.29, 0.717) is 5.69 Å². The van der Waals surface area contributed by atoms with E-state index >= 15 is 0 Å². The summed E-state index contributed by atoms with van der Waals surface area (Å²) in [6.45, 7) is 1.56. The largest absolute Gasteiger partial charge is 0.478 e. The Balaban J connectivity index is 2.52. The predicted molar refractivity (Wildman–Crippen MR) is 70.4 cm³/mol. The number of nitrogens with zero attached hydrogens (tertiary/aromatic N) is 1. The first-order valence-electron chi connectivity index (χ1n) is 5.38. The molecule has 7 nitrogen and oxygen atoms in total. The highest BCUT2D eigenvalue weighted by Gasteiger charge is 2.26. The third-order valence-electron chi connectivity index (χ3n) is 2.36. The quantitative estimate of drug-likeness (QED) is 0.887. The maximum Gasteiger partial charge on any atom is 0.338 e. The van der Waals surface area contributed by atoms with Gasteiger partial charge in [0.15, 0.2) is 5.82 Å². The zero-order valence-electron chi connectivity index (χ0n) is 10.4. The molecule has 0 atom stereocenters. The van der Waals surface area contributed by atoms with Gasteiger partial charge in [0.25, 0.3) is 10.0 Å². The molecule has 10 heteroatoms. The average Bonchev–Trinajstić information content (AvgIpc) is 2.76. The third-order valence-corrected chi connectivity index (χ3v) is 3.90. The fourth-order valence-electron chi connectivity index (χ4n) is 1.49. The van der Waals surface area contributed by atoms with E-state index < -0.39 is 32.3 Å². The first-order valence-corrected chi connectivity index (χ1v) is 7.24. The molecular weight excluding hydrogens is 327 g/mol. The molecule has 2 N–H and O–H groups in total. The van der Waals surface area contributed by atoms with Crippen LogP contribution in [-0.4, -0.2) is 24.5 Å². The standard InChI is InChI=1S/C11H8ClFN2O5S/c1-5-4-20-11(14-5)15-21(18,19)8-3-6(12)2-7(9(8)13)10(16)17/h2-4H,1H3,(H,14,15)(H,16,17). The Hall–Kier alpha value is -2.13. The lowest BCUT2D eigenvalue weighted by Crippen LogP contribution is -2.17. The average molecular weight is 335 g/mol. The van der Waals surface area contributed by atoms with Gasteiger partial charge in [0, 0.05) is 5.02 Å². The Labute approximate surface area is 123 Å². The van der Waals surface area contributed by atoms with Gasteiger partial charge >= 0.3 is 12.0 Å². The van der Waals surface area contributed by atoms with Crippen LogP contribution < -0.4 is 4.72 Å². The van der Waals surface area contributed by atoms with E-state index in [2.05, 4.69) is 4.98 Å². The second-order valence-electron chi connectivity index (χ2n) is 3.97. The summed E-state index contributed by atoms with van der Waals surface area (Å²) in [5.41, 5.74) is -0.447. The minimum Gasteiger partial charge on any atom is -0.478 e. The molecular formula is C11H8ClFN2O5S. The Morgan fingerprint density at radius 3 is 2.67 bits per heavy atom. The van der Waals surface area contributed by atoms with Crippen molar-refractivity contribution in [3.8, 4) is 0 Å². The summed E-state index contributed by atoms with van der Waals surface area (Å²) >= 11 is 5.62. The molecule has 0 saturated heterocycles. The van der Waals surface area contributed by atoms with Gasteiger partial charge in [0.05, 0.1) is 11.3 Å². The molecule has 0 aliphatic carbocycles. The van der Waals surface area contributed by atoms with Gasteiger partial charge < -0.3 is 9.52 Å². The minimum absolute atomic E-state index is 0.238. The van der Waals surface area contributed by atoms with Crippen LogP contribution in [0, 0.1) is 12.7 Å². The molecule has 0 fully saturated rings. The summed E-state index contributed by atoms with van der Waals surface area (Å²) in [5, 5.41) is 8.59. The van der Waals surface area contributed by atoms with Crippen LogP contribution >= 0.6 is 11.6 Å². The lowest BCUT2D eigenvalue weighted by Gasteiger charge is -2.08. The van der Waals surface area contributed by atoms with E-state index in [1.54, 1.807) is 6.92 Å². The number of hydrogen-bond donors (Lipinski definition) is 2. The number of hydrogen-bond acceptors (Lipinski definition) is 5. The maximum atomic E-state index is 14.0. The summed E-state index contributed by atoms with van der Waals surface area (Å²) in [4.78, 5) is 13.7. The van der Waals surface area contributed by atoms with E-state index in [9.17, 15) is 17.6 Å². The zero-order valence-corrected chi connectivity index (χ0v) is 12.0. The summed E-state index contributed by atoms with van der Waals surface area (Å²) in [7, 11) is -4.44. The van der Waals surface area contributed by atoms with Crippen LogP contribution in [0.4, 0.5) is 10.4 Å². The third kappa shape index (κ3) is 3.14.